The van der Waals surface area contributed by atoms with Gasteiger partial charge in [0, 0.05) is 25.7 Å². The van der Waals surface area contributed by atoms with Gasteiger partial charge in [-0.2, -0.15) is 0 Å². The van der Waals surface area contributed by atoms with E-state index in [1.54, 1.807) is 17.9 Å². The van der Waals surface area contributed by atoms with E-state index in [2.05, 4.69) is 15.4 Å². The Morgan fingerprint density at radius 2 is 2.21 bits per heavy atom. The Labute approximate surface area is 169 Å². The fourth-order valence-electron chi connectivity index (χ4n) is 4.93. The molecule has 156 valence electrons. The van der Waals surface area contributed by atoms with Crippen molar-refractivity contribution < 1.29 is 23.6 Å². The van der Waals surface area contributed by atoms with Crippen LogP contribution in [0.25, 0.3) is 0 Å². The maximum Gasteiger partial charge on any atom is 0.235 e. The van der Waals surface area contributed by atoms with E-state index in [0.717, 1.165) is 39.3 Å². The Hall–Kier alpha value is -2.23. The number of aryl methyl sites for hydroxylation is 1. The molecular formula is C20H26N4O5. The van der Waals surface area contributed by atoms with Crippen LogP contribution in [0.15, 0.2) is 22.7 Å². The number of ether oxygens (including phenoxy) is 2. The van der Waals surface area contributed by atoms with E-state index >= 15 is 0 Å². The maximum absolute atomic E-state index is 13.2. The summed E-state index contributed by atoms with van der Waals surface area (Å²) in [4.78, 5) is 30.0. The van der Waals surface area contributed by atoms with Crippen molar-refractivity contribution in [2.75, 3.05) is 50.8 Å². The predicted octanol–water partition coefficient (Wildman–Crippen LogP) is 0.108. The Morgan fingerprint density at radius 3 is 2.97 bits per heavy atom. The minimum Gasteiger partial charge on any atom is -0.379 e. The summed E-state index contributed by atoms with van der Waals surface area (Å²) in [5.41, 5.74) is -0.746. The minimum atomic E-state index is -0.746. The van der Waals surface area contributed by atoms with Crippen molar-refractivity contribution in [3.8, 4) is 0 Å². The number of aromatic nitrogens is 1. The SMILES string of the molecule is Cc1cc(N2C[C@]34C=C[C@H](O3)[C@H](C(=O)NCCCN3CCOCC3)[C@H]4C2=O)no1. The van der Waals surface area contributed by atoms with Crippen molar-refractivity contribution in [3.63, 3.8) is 0 Å². The minimum absolute atomic E-state index is 0.111. The van der Waals surface area contributed by atoms with E-state index in [9.17, 15) is 9.59 Å². The van der Waals surface area contributed by atoms with Crippen LogP contribution in [0.5, 0.6) is 0 Å². The molecule has 1 spiro atoms. The third-order valence-corrected chi connectivity index (χ3v) is 6.35. The summed E-state index contributed by atoms with van der Waals surface area (Å²) in [7, 11) is 0. The van der Waals surface area contributed by atoms with Gasteiger partial charge in [0.25, 0.3) is 0 Å². The van der Waals surface area contributed by atoms with E-state index in [1.165, 1.54) is 0 Å². The second kappa shape index (κ2) is 7.23. The summed E-state index contributed by atoms with van der Waals surface area (Å²) in [5, 5.41) is 6.99. The second-order valence-corrected chi connectivity index (χ2v) is 8.22. The summed E-state index contributed by atoms with van der Waals surface area (Å²) in [6, 6.07) is 1.73. The molecule has 5 heterocycles. The predicted molar refractivity (Wildman–Crippen MR) is 102 cm³/mol. The molecule has 1 N–H and O–H groups in total. The molecule has 0 aromatic carbocycles. The molecule has 29 heavy (non-hydrogen) atoms. The van der Waals surface area contributed by atoms with Gasteiger partial charge in [-0.3, -0.25) is 19.4 Å². The number of nitrogens with zero attached hydrogens (tertiary/aromatic N) is 3. The molecule has 4 atom stereocenters. The maximum atomic E-state index is 13.2. The topological polar surface area (TPSA) is 97.1 Å². The smallest absolute Gasteiger partial charge is 0.235 e. The molecule has 2 amide bonds. The highest BCUT2D eigenvalue weighted by Gasteiger charge is 2.67. The first-order valence-electron chi connectivity index (χ1n) is 10.3. The van der Waals surface area contributed by atoms with Crippen LogP contribution in [-0.4, -0.2) is 79.5 Å². The summed E-state index contributed by atoms with van der Waals surface area (Å²) < 4.78 is 16.6. The van der Waals surface area contributed by atoms with E-state index in [4.69, 9.17) is 14.0 Å². The number of carbonyl (C=O) groups excluding carboxylic acids is 2. The van der Waals surface area contributed by atoms with E-state index in [-0.39, 0.29) is 17.9 Å². The van der Waals surface area contributed by atoms with Crippen molar-refractivity contribution in [2.24, 2.45) is 11.8 Å². The molecule has 1 aromatic rings. The van der Waals surface area contributed by atoms with Gasteiger partial charge in [0.05, 0.1) is 37.7 Å². The van der Waals surface area contributed by atoms with E-state index in [0.29, 0.717) is 24.7 Å². The Balaban J connectivity index is 1.22. The fourth-order valence-corrected chi connectivity index (χ4v) is 4.93. The lowest BCUT2D eigenvalue weighted by Crippen LogP contribution is -2.45. The zero-order valence-corrected chi connectivity index (χ0v) is 16.5. The van der Waals surface area contributed by atoms with Crippen molar-refractivity contribution in [1.82, 2.24) is 15.4 Å². The van der Waals surface area contributed by atoms with Gasteiger partial charge < -0.3 is 19.3 Å². The molecule has 3 saturated heterocycles. The van der Waals surface area contributed by atoms with Gasteiger partial charge in [-0.25, -0.2) is 0 Å². The van der Waals surface area contributed by atoms with Crippen LogP contribution in [0.2, 0.25) is 0 Å². The summed E-state index contributed by atoms with van der Waals surface area (Å²) in [6.45, 7) is 7.08. The van der Waals surface area contributed by atoms with Crippen LogP contribution in [-0.2, 0) is 19.1 Å². The third-order valence-electron chi connectivity index (χ3n) is 6.35. The quantitative estimate of drug-likeness (QED) is 0.533. The molecule has 0 aliphatic carbocycles. The monoisotopic (exact) mass is 402 g/mol. The molecule has 0 radical (unpaired) electrons. The zero-order valence-electron chi connectivity index (χ0n) is 16.5. The van der Waals surface area contributed by atoms with Gasteiger partial charge in [-0.1, -0.05) is 17.3 Å². The average Bonchev–Trinajstić information content (AvgIpc) is 3.47. The largest absolute Gasteiger partial charge is 0.379 e. The van der Waals surface area contributed by atoms with Crippen LogP contribution in [0.4, 0.5) is 5.82 Å². The lowest BCUT2D eigenvalue weighted by atomic mass is 9.77. The molecule has 4 aliphatic heterocycles. The van der Waals surface area contributed by atoms with Gasteiger partial charge in [0.15, 0.2) is 5.82 Å². The first-order valence-corrected chi connectivity index (χ1v) is 10.3. The van der Waals surface area contributed by atoms with Gasteiger partial charge in [0.2, 0.25) is 11.8 Å². The number of nitrogens with one attached hydrogen (secondary N) is 1. The number of fused-ring (bicyclic) bond motifs is 1. The second-order valence-electron chi connectivity index (χ2n) is 8.22. The standard InChI is InChI=1S/C20H26N4O5/c1-13-11-15(22-29-13)24-12-20-4-3-14(28-20)16(17(20)19(24)26)18(25)21-5-2-6-23-7-9-27-10-8-23/h3-4,11,14,16-17H,2,5-10,12H2,1H3,(H,21,25)/t14-,16-,17-,20-/m0/s1. The third kappa shape index (κ3) is 3.17. The first-order chi connectivity index (χ1) is 14.1. The van der Waals surface area contributed by atoms with Crippen LogP contribution < -0.4 is 10.2 Å². The Kier molecular flexibility index (Phi) is 4.68. The van der Waals surface area contributed by atoms with Crippen molar-refractivity contribution >= 4 is 17.6 Å². The highest BCUT2D eigenvalue weighted by molar-refractivity contribution is 6.02. The normalized spacial score (nSPS) is 33.5. The van der Waals surface area contributed by atoms with Gasteiger partial charge >= 0.3 is 0 Å². The first kappa shape index (κ1) is 18.8. The molecule has 9 nitrogen and oxygen atoms in total. The summed E-state index contributed by atoms with van der Waals surface area (Å²) in [5.74, 6) is -0.153. The summed E-state index contributed by atoms with van der Waals surface area (Å²) in [6.07, 6.45) is 4.38. The zero-order chi connectivity index (χ0) is 20.0. The highest BCUT2D eigenvalue weighted by atomic mass is 16.5. The van der Waals surface area contributed by atoms with Gasteiger partial charge in [-0.15, -0.1) is 0 Å². The van der Waals surface area contributed by atoms with Crippen molar-refractivity contribution in [1.29, 1.82) is 0 Å². The summed E-state index contributed by atoms with van der Waals surface area (Å²) >= 11 is 0. The van der Waals surface area contributed by atoms with Crippen LogP contribution in [0.3, 0.4) is 0 Å². The molecule has 5 rings (SSSR count). The molecule has 0 unspecified atom stereocenters. The number of rotatable bonds is 6. The van der Waals surface area contributed by atoms with Crippen LogP contribution >= 0.6 is 0 Å². The molecule has 0 saturated carbocycles. The van der Waals surface area contributed by atoms with Gasteiger partial charge in [-0.05, 0) is 19.9 Å². The molecule has 9 heteroatoms. The van der Waals surface area contributed by atoms with Gasteiger partial charge in [0.1, 0.15) is 11.4 Å². The lowest BCUT2D eigenvalue weighted by molar-refractivity contribution is -0.131. The fraction of sp³-hybridized carbons (Fsp3) is 0.650. The number of hydrogen-bond acceptors (Lipinski definition) is 7. The number of morpholine rings is 1. The number of hydrogen-bond donors (Lipinski definition) is 1. The lowest BCUT2D eigenvalue weighted by Gasteiger charge is -2.27. The Bertz CT molecular complexity index is 833. The van der Waals surface area contributed by atoms with Crippen molar-refractivity contribution in [2.45, 2.75) is 25.0 Å². The highest BCUT2D eigenvalue weighted by Crippen LogP contribution is 2.52. The molecule has 3 fully saturated rings. The number of carbonyl (C=O) groups is 2. The molecular weight excluding hydrogens is 376 g/mol. The van der Waals surface area contributed by atoms with Crippen LogP contribution in [0.1, 0.15) is 12.2 Å². The number of amides is 2. The molecule has 4 aliphatic rings. The Morgan fingerprint density at radius 1 is 1.38 bits per heavy atom. The average molecular weight is 402 g/mol. The van der Waals surface area contributed by atoms with E-state index < -0.39 is 17.4 Å². The van der Waals surface area contributed by atoms with E-state index in [1.807, 2.05) is 12.2 Å². The number of anilines is 1. The molecule has 1 aromatic heterocycles. The van der Waals surface area contributed by atoms with Crippen molar-refractivity contribution in [3.05, 3.63) is 24.0 Å². The molecule has 2 bridgehead atoms. The van der Waals surface area contributed by atoms with Crippen LogP contribution in [0, 0.1) is 18.8 Å².